The summed E-state index contributed by atoms with van der Waals surface area (Å²) in [5.41, 5.74) is 2.76. The Hall–Kier alpha value is -3.01. The minimum atomic E-state index is -0.163. The number of nitrogens with zero attached hydrogens (tertiary/aromatic N) is 4. The van der Waals surface area contributed by atoms with Gasteiger partial charge < -0.3 is 15.2 Å². The van der Waals surface area contributed by atoms with Gasteiger partial charge in [-0.05, 0) is 69.2 Å². The number of azo groups is 1. The first-order valence-electron chi connectivity index (χ1n) is 11.6. The molecule has 0 amide bonds. The fourth-order valence-electron chi connectivity index (χ4n) is 4.33. The summed E-state index contributed by atoms with van der Waals surface area (Å²) in [4.78, 5) is 14.4. The van der Waals surface area contributed by atoms with Gasteiger partial charge in [-0.25, -0.2) is 0 Å². The number of fused-ring (bicyclic) bond motifs is 1. The van der Waals surface area contributed by atoms with Crippen LogP contribution in [-0.4, -0.2) is 45.4 Å². The predicted molar refractivity (Wildman–Crippen MR) is 141 cm³/mol. The molecule has 4 rings (SSSR count). The van der Waals surface area contributed by atoms with E-state index in [9.17, 15) is 9.90 Å². The zero-order chi connectivity index (χ0) is 24.9. The number of aromatic hydroxyl groups is 1. The van der Waals surface area contributed by atoms with Crippen LogP contribution in [0.3, 0.4) is 0 Å². The molecular weight excluding hydrogens is 486 g/mol. The molecule has 0 aliphatic carbocycles. The highest BCUT2D eigenvalue weighted by molar-refractivity contribution is 7.80. The quantitative estimate of drug-likeness (QED) is 0.238. The number of esters is 1. The summed E-state index contributed by atoms with van der Waals surface area (Å²) >= 11 is 11.5. The Kier molecular flexibility index (Phi) is 8.00. The van der Waals surface area contributed by atoms with Crippen molar-refractivity contribution in [3.8, 4) is 5.88 Å². The Morgan fingerprint density at radius 1 is 1.29 bits per heavy atom. The van der Waals surface area contributed by atoms with Crippen LogP contribution in [0.25, 0.3) is 10.9 Å². The van der Waals surface area contributed by atoms with Gasteiger partial charge in [-0.3, -0.25) is 14.3 Å². The Labute approximate surface area is 214 Å². The Morgan fingerprint density at radius 2 is 2.09 bits per heavy atom. The van der Waals surface area contributed by atoms with Crippen molar-refractivity contribution in [2.45, 2.75) is 33.4 Å². The Bertz CT molecular complexity index is 1280. The van der Waals surface area contributed by atoms with E-state index >= 15 is 0 Å². The second kappa shape index (κ2) is 11.2. The Morgan fingerprint density at radius 3 is 2.89 bits per heavy atom. The molecule has 184 valence electrons. The summed E-state index contributed by atoms with van der Waals surface area (Å²) in [5.74, 6) is -0.329. The van der Waals surface area contributed by atoms with E-state index < -0.39 is 0 Å². The Balaban J connectivity index is 1.55. The van der Waals surface area contributed by atoms with Gasteiger partial charge in [0, 0.05) is 22.6 Å². The van der Waals surface area contributed by atoms with Crippen LogP contribution in [-0.2, 0) is 16.2 Å². The van der Waals surface area contributed by atoms with Gasteiger partial charge in [0.2, 0.25) is 11.0 Å². The van der Waals surface area contributed by atoms with Crippen LogP contribution in [0.15, 0.2) is 52.7 Å². The number of ether oxygens (including phenoxy) is 1. The molecule has 10 heteroatoms. The number of aromatic nitrogens is 1. The zero-order valence-electron chi connectivity index (χ0n) is 19.7. The zero-order valence-corrected chi connectivity index (χ0v) is 21.3. The molecule has 1 aliphatic rings. The predicted octanol–water partition coefficient (Wildman–Crippen LogP) is 6.02. The summed E-state index contributed by atoms with van der Waals surface area (Å²) < 4.78 is 7.00. The third-order valence-corrected chi connectivity index (χ3v) is 6.73. The number of benzene rings is 2. The number of carbonyl (C=O) groups excluding carboxylic acids is 1. The third kappa shape index (κ3) is 5.63. The van der Waals surface area contributed by atoms with E-state index in [1.165, 1.54) is 0 Å². The molecule has 0 unspecified atom stereocenters. The number of likely N-dealkylation sites (tertiary alicyclic amines) is 1. The molecule has 8 nitrogen and oxygen atoms in total. The number of hydrogen-bond donors (Lipinski definition) is 2. The lowest BCUT2D eigenvalue weighted by Gasteiger charge is -2.31. The summed E-state index contributed by atoms with van der Waals surface area (Å²) in [6, 6.07) is 13.1. The normalized spacial score (nSPS) is 16.6. The average Bonchev–Trinajstić information content (AvgIpc) is 3.11. The molecule has 2 heterocycles. The number of nitrogens with one attached hydrogen (secondary N) is 1. The van der Waals surface area contributed by atoms with Crippen molar-refractivity contribution in [2.24, 2.45) is 16.1 Å². The molecule has 2 aromatic carbocycles. The molecule has 3 aromatic rings. The van der Waals surface area contributed by atoms with Crippen LogP contribution >= 0.6 is 23.8 Å². The van der Waals surface area contributed by atoms with Crippen LogP contribution in [0.2, 0.25) is 5.02 Å². The molecule has 0 spiro atoms. The fourth-order valence-corrected chi connectivity index (χ4v) is 4.65. The van der Waals surface area contributed by atoms with Gasteiger partial charge in [0.25, 0.3) is 0 Å². The van der Waals surface area contributed by atoms with E-state index in [1.54, 1.807) is 10.6 Å². The standard InChI is InChI=1S/C25H28ClN5O3S/c1-3-34-24(33)17-8-7-13-30(14-17)15-31-21-12-5-4-9-18(21)22(23(31)32)28-29-25(35)27-20-11-6-10-19(26)16(20)2/h4-6,9-12,17,32H,3,7-8,13-15H2,1-2H3,(H,27,35)/t17-/m1/s1. The van der Waals surface area contributed by atoms with Gasteiger partial charge in [-0.1, -0.05) is 35.9 Å². The third-order valence-electron chi connectivity index (χ3n) is 6.13. The average molecular weight is 514 g/mol. The minimum absolute atomic E-state index is 0.00468. The van der Waals surface area contributed by atoms with E-state index in [-0.39, 0.29) is 22.9 Å². The van der Waals surface area contributed by atoms with Crippen molar-refractivity contribution in [1.29, 1.82) is 0 Å². The van der Waals surface area contributed by atoms with Gasteiger partial charge in [0.15, 0.2) is 5.69 Å². The number of anilines is 1. The highest BCUT2D eigenvalue weighted by Gasteiger charge is 2.28. The van der Waals surface area contributed by atoms with E-state index in [0.717, 1.165) is 41.5 Å². The molecular formula is C25H28ClN5O3S. The lowest BCUT2D eigenvalue weighted by Crippen LogP contribution is -2.40. The summed E-state index contributed by atoms with van der Waals surface area (Å²) in [6.45, 7) is 5.90. The largest absolute Gasteiger partial charge is 0.493 e. The SMILES string of the molecule is CCOC(=O)[C@@H]1CCCN(Cn2c(O)c(N=NC(=S)Nc3cccc(Cl)c3C)c3ccccc32)C1. The second-order valence-corrected chi connectivity index (χ2v) is 9.26. The molecule has 1 aromatic heterocycles. The van der Waals surface area contributed by atoms with Crippen LogP contribution in [0, 0.1) is 12.8 Å². The lowest BCUT2D eigenvalue weighted by atomic mass is 9.98. The first-order chi connectivity index (χ1) is 16.9. The number of rotatable bonds is 6. The smallest absolute Gasteiger partial charge is 0.310 e. The summed E-state index contributed by atoms with van der Waals surface area (Å²) in [6.07, 6.45) is 1.70. The monoisotopic (exact) mass is 513 g/mol. The fraction of sp³-hybridized carbons (Fsp3) is 0.360. The van der Waals surface area contributed by atoms with E-state index in [0.29, 0.717) is 30.5 Å². The molecule has 0 radical (unpaired) electrons. The van der Waals surface area contributed by atoms with Gasteiger partial charge in [0.1, 0.15) is 0 Å². The summed E-state index contributed by atoms with van der Waals surface area (Å²) in [7, 11) is 0. The molecule has 1 fully saturated rings. The van der Waals surface area contributed by atoms with Crippen LogP contribution in [0.1, 0.15) is 25.3 Å². The highest BCUT2D eigenvalue weighted by atomic mass is 35.5. The number of halogens is 1. The molecule has 0 saturated carbocycles. The minimum Gasteiger partial charge on any atom is -0.493 e. The maximum atomic E-state index is 12.2. The van der Waals surface area contributed by atoms with Crippen LogP contribution in [0.4, 0.5) is 11.4 Å². The van der Waals surface area contributed by atoms with E-state index in [1.807, 2.05) is 50.2 Å². The maximum absolute atomic E-state index is 12.2. The molecule has 35 heavy (non-hydrogen) atoms. The number of carbonyl (C=O) groups is 1. The molecule has 0 bridgehead atoms. The number of para-hydroxylation sites is 1. The van der Waals surface area contributed by atoms with Crippen molar-refractivity contribution >= 4 is 57.2 Å². The first-order valence-corrected chi connectivity index (χ1v) is 12.3. The van der Waals surface area contributed by atoms with Crippen molar-refractivity contribution in [3.05, 3.63) is 53.1 Å². The van der Waals surface area contributed by atoms with Crippen molar-refractivity contribution in [1.82, 2.24) is 9.47 Å². The van der Waals surface area contributed by atoms with E-state index in [2.05, 4.69) is 20.4 Å². The topological polar surface area (TPSA) is 91.5 Å². The molecule has 1 aliphatic heterocycles. The maximum Gasteiger partial charge on any atom is 0.310 e. The van der Waals surface area contributed by atoms with Gasteiger partial charge in [-0.2, -0.15) is 0 Å². The van der Waals surface area contributed by atoms with Gasteiger partial charge >= 0.3 is 5.97 Å². The van der Waals surface area contributed by atoms with E-state index in [4.69, 9.17) is 28.6 Å². The van der Waals surface area contributed by atoms with Gasteiger partial charge in [-0.15, -0.1) is 10.2 Å². The van der Waals surface area contributed by atoms with Crippen LogP contribution in [0.5, 0.6) is 5.88 Å². The van der Waals surface area contributed by atoms with Crippen LogP contribution < -0.4 is 5.32 Å². The molecule has 1 atom stereocenters. The summed E-state index contributed by atoms with van der Waals surface area (Å²) in [5, 5.41) is 24.1. The second-order valence-electron chi connectivity index (χ2n) is 8.47. The van der Waals surface area contributed by atoms with Gasteiger partial charge in [0.05, 0.1) is 24.7 Å². The van der Waals surface area contributed by atoms with Crippen molar-refractivity contribution in [3.63, 3.8) is 0 Å². The lowest BCUT2D eigenvalue weighted by molar-refractivity contribution is -0.150. The van der Waals surface area contributed by atoms with Crippen molar-refractivity contribution in [2.75, 3.05) is 25.0 Å². The number of piperidine rings is 1. The first kappa shape index (κ1) is 25.1. The highest BCUT2D eigenvalue weighted by Crippen LogP contribution is 2.39. The van der Waals surface area contributed by atoms with Crippen molar-refractivity contribution < 1.29 is 14.6 Å². The number of thiocarbonyl (C=S) groups is 1. The molecule has 2 N–H and O–H groups in total. The number of hydrogen-bond acceptors (Lipinski definition) is 6. The molecule has 1 saturated heterocycles.